The van der Waals surface area contributed by atoms with E-state index in [1.165, 1.54) is 7.11 Å². The van der Waals surface area contributed by atoms with Gasteiger partial charge in [0, 0.05) is 0 Å². The molecule has 0 aliphatic rings. The van der Waals surface area contributed by atoms with Gasteiger partial charge in [-0.3, -0.25) is 4.79 Å². The largest absolute Gasteiger partial charge is 0.462 e. The number of pyridine rings is 1. The van der Waals surface area contributed by atoms with Crippen LogP contribution in [0.5, 0.6) is 0 Å². The van der Waals surface area contributed by atoms with Crippen LogP contribution in [0.4, 0.5) is 0 Å². The van der Waals surface area contributed by atoms with Crippen LogP contribution < -0.4 is 10.4 Å². The lowest BCUT2D eigenvalue weighted by Gasteiger charge is -2.14. The quantitative estimate of drug-likeness (QED) is 0.808. The summed E-state index contributed by atoms with van der Waals surface area (Å²) < 4.78 is 6.13. The summed E-state index contributed by atoms with van der Waals surface area (Å²) in [4.78, 5) is 29.6. The first-order valence-corrected chi connectivity index (χ1v) is 6.63. The molecule has 0 bridgehead atoms. The number of nitrogens with zero attached hydrogens (tertiary/aromatic N) is 1. The van der Waals surface area contributed by atoms with Crippen LogP contribution >= 0.6 is 0 Å². The fourth-order valence-electron chi connectivity index (χ4n) is 2.14. The molecule has 0 aliphatic heterocycles. The fourth-order valence-corrected chi connectivity index (χ4v) is 2.14. The Morgan fingerprint density at radius 1 is 1.24 bits per heavy atom. The minimum absolute atomic E-state index is 0.269. The zero-order chi connectivity index (χ0) is 15.4. The molecular weight excluding hydrogens is 270 g/mol. The van der Waals surface area contributed by atoms with E-state index in [0.717, 1.165) is 10.3 Å². The van der Waals surface area contributed by atoms with E-state index in [2.05, 4.69) is 0 Å². The number of esters is 1. The van der Waals surface area contributed by atoms with Crippen molar-refractivity contribution in [2.45, 2.75) is 13.8 Å². The number of benzene rings is 1. The Bertz CT molecular complexity index is 704. The topological polar surface area (TPSA) is 57.5 Å². The molecule has 0 fully saturated rings. The Hall–Kier alpha value is -2.56. The van der Waals surface area contributed by atoms with Crippen LogP contribution in [0.15, 0.2) is 41.2 Å². The van der Waals surface area contributed by atoms with Gasteiger partial charge >= 0.3 is 5.97 Å². The van der Waals surface area contributed by atoms with Gasteiger partial charge in [0.15, 0.2) is 0 Å². The molecule has 1 aromatic heterocycles. The standard InChI is InChI=1S/C16H17NO4/c1-4-21-16(19)13-10-14(12-8-6-5-7-9-12)15(18)17(20-3)11(13)2/h5-10H,4H2,1-3H3. The van der Waals surface area contributed by atoms with Crippen LogP contribution in [0.25, 0.3) is 11.1 Å². The third kappa shape index (κ3) is 2.81. The van der Waals surface area contributed by atoms with Gasteiger partial charge in [0.05, 0.1) is 23.4 Å². The number of carbonyl (C=O) groups excluding carboxylic acids is 1. The van der Waals surface area contributed by atoms with Gasteiger partial charge in [0.2, 0.25) is 0 Å². The van der Waals surface area contributed by atoms with E-state index in [4.69, 9.17) is 9.57 Å². The van der Waals surface area contributed by atoms with Crippen molar-refractivity contribution in [3.05, 3.63) is 58.0 Å². The van der Waals surface area contributed by atoms with Gasteiger partial charge < -0.3 is 9.57 Å². The van der Waals surface area contributed by atoms with E-state index in [1.54, 1.807) is 32.0 Å². The second-order valence-corrected chi connectivity index (χ2v) is 4.43. The maximum Gasteiger partial charge on any atom is 0.340 e. The van der Waals surface area contributed by atoms with Crippen molar-refractivity contribution in [3.63, 3.8) is 0 Å². The molecule has 0 saturated heterocycles. The van der Waals surface area contributed by atoms with E-state index in [1.807, 2.05) is 18.2 Å². The normalized spacial score (nSPS) is 10.2. The lowest BCUT2D eigenvalue weighted by atomic mass is 10.0. The summed E-state index contributed by atoms with van der Waals surface area (Å²) in [7, 11) is 1.39. The van der Waals surface area contributed by atoms with E-state index in [9.17, 15) is 9.59 Å². The highest BCUT2D eigenvalue weighted by Gasteiger charge is 2.19. The molecule has 5 heteroatoms. The van der Waals surface area contributed by atoms with Gasteiger partial charge in [-0.1, -0.05) is 30.3 Å². The average molecular weight is 287 g/mol. The van der Waals surface area contributed by atoms with Crippen molar-refractivity contribution < 1.29 is 14.4 Å². The highest BCUT2D eigenvalue weighted by molar-refractivity contribution is 5.92. The van der Waals surface area contributed by atoms with Gasteiger partial charge in [-0.2, -0.15) is 0 Å². The number of aromatic nitrogens is 1. The zero-order valence-corrected chi connectivity index (χ0v) is 12.3. The molecule has 0 radical (unpaired) electrons. The van der Waals surface area contributed by atoms with Crippen LogP contribution in [-0.4, -0.2) is 24.4 Å². The molecule has 0 aliphatic carbocycles. The Kier molecular flexibility index (Phi) is 4.42. The summed E-state index contributed by atoms with van der Waals surface area (Å²) >= 11 is 0. The molecule has 110 valence electrons. The highest BCUT2D eigenvalue weighted by Crippen LogP contribution is 2.19. The molecule has 0 N–H and O–H groups in total. The molecule has 0 saturated carbocycles. The summed E-state index contributed by atoms with van der Waals surface area (Å²) in [6.45, 7) is 3.65. The Morgan fingerprint density at radius 2 is 1.90 bits per heavy atom. The van der Waals surface area contributed by atoms with Crippen molar-refractivity contribution in [1.29, 1.82) is 0 Å². The lowest BCUT2D eigenvalue weighted by Crippen LogP contribution is -2.30. The molecule has 0 unspecified atom stereocenters. The molecule has 1 heterocycles. The fraction of sp³-hybridized carbons (Fsp3) is 0.250. The molecular formula is C16H17NO4. The van der Waals surface area contributed by atoms with Gasteiger partial charge in [-0.15, -0.1) is 4.73 Å². The van der Waals surface area contributed by atoms with Crippen LogP contribution in [0.1, 0.15) is 23.0 Å². The maximum absolute atomic E-state index is 12.4. The maximum atomic E-state index is 12.4. The number of hydrogen-bond acceptors (Lipinski definition) is 4. The van der Waals surface area contributed by atoms with Crippen molar-refractivity contribution >= 4 is 5.97 Å². The second kappa shape index (κ2) is 6.26. The summed E-state index contributed by atoms with van der Waals surface area (Å²) in [6, 6.07) is 10.7. The molecule has 0 atom stereocenters. The summed E-state index contributed by atoms with van der Waals surface area (Å²) in [6.07, 6.45) is 0. The van der Waals surface area contributed by atoms with Crippen molar-refractivity contribution in [2.75, 3.05) is 13.7 Å². The highest BCUT2D eigenvalue weighted by atomic mass is 16.6. The lowest BCUT2D eigenvalue weighted by molar-refractivity contribution is 0.0518. The first-order chi connectivity index (χ1) is 10.1. The second-order valence-electron chi connectivity index (χ2n) is 4.43. The molecule has 0 spiro atoms. The van der Waals surface area contributed by atoms with Crippen LogP contribution in [0, 0.1) is 6.92 Å². The molecule has 1 aromatic carbocycles. The number of hydrogen-bond donors (Lipinski definition) is 0. The molecule has 2 rings (SSSR count). The van der Waals surface area contributed by atoms with Crippen LogP contribution in [0.2, 0.25) is 0 Å². The Morgan fingerprint density at radius 3 is 2.48 bits per heavy atom. The van der Waals surface area contributed by atoms with Gasteiger partial charge in [0.1, 0.15) is 7.11 Å². The van der Waals surface area contributed by atoms with Gasteiger partial charge in [0.25, 0.3) is 5.56 Å². The number of rotatable bonds is 4. The third-order valence-electron chi connectivity index (χ3n) is 3.16. The zero-order valence-electron chi connectivity index (χ0n) is 12.3. The first-order valence-electron chi connectivity index (χ1n) is 6.63. The number of carbonyl (C=O) groups is 1. The summed E-state index contributed by atoms with van der Waals surface area (Å²) in [5.74, 6) is -0.474. The van der Waals surface area contributed by atoms with Crippen LogP contribution in [-0.2, 0) is 4.74 Å². The van der Waals surface area contributed by atoms with Gasteiger partial charge in [-0.25, -0.2) is 4.79 Å². The Labute approximate surface area is 122 Å². The first kappa shape index (κ1) is 14.8. The average Bonchev–Trinajstić information content (AvgIpc) is 2.49. The van der Waals surface area contributed by atoms with Crippen molar-refractivity contribution in [2.24, 2.45) is 0 Å². The minimum Gasteiger partial charge on any atom is -0.462 e. The molecule has 2 aromatic rings. The Balaban J connectivity index is 2.69. The monoisotopic (exact) mass is 287 g/mol. The smallest absolute Gasteiger partial charge is 0.340 e. The van der Waals surface area contributed by atoms with Gasteiger partial charge in [-0.05, 0) is 25.5 Å². The molecule has 21 heavy (non-hydrogen) atoms. The predicted octanol–water partition coefficient (Wildman–Crippen LogP) is 2.06. The van der Waals surface area contributed by atoms with Crippen molar-refractivity contribution in [1.82, 2.24) is 4.73 Å². The molecule has 0 amide bonds. The van der Waals surface area contributed by atoms with E-state index in [-0.39, 0.29) is 12.2 Å². The third-order valence-corrected chi connectivity index (χ3v) is 3.16. The predicted molar refractivity (Wildman–Crippen MR) is 79.3 cm³/mol. The number of ether oxygens (including phenoxy) is 1. The molecule has 5 nitrogen and oxygen atoms in total. The summed E-state index contributed by atoms with van der Waals surface area (Å²) in [5, 5.41) is 0. The van der Waals surface area contributed by atoms with Crippen molar-refractivity contribution in [3.8, 4) is 11.1 Å². The summed E-state index contributed by atoms with van der Waals surface area (Å²) in [5.41, 5.74) is 1.54. The van der Waals surface area contributed by atoms with E-state index < -0.39 is 5.97 Å². The minimum atomic E-state index is -0.474. The van der Waals surface area contributed by atoms with E-state index in [0.29, 0.717) is 16.8 Å². The SMILES string of the molecule is CCOC(=O)c1cc(-c2ccccc2)c(=O)n(OC)c1C. The van der Waals surface area contributed by atoms with E-state index >= 15 is 0 Å². The van der Waals surface area contributed by atoms with Crippen LogP contribution in [0.3, 0.4) is 0 Å².